The summed E-state index contributed by atoms with van der Waals surface area (Å²) >= 11 is 0. The standard InChI is InChI=1S/C15H17N3O3/c1-9(2)7-16-13(19)11-6-4-3-5-10(11)12-8-17-15(21)18-14(12)20/h3-6,8-9H,7H2,1-2H3,(H,16,19)(H2,17,18,20,21). The average Bonchev–Trinajstić information content (AvgIpc) is 2.45. The number of hydrogen-bond acceptors (Lipinski definition) is 3. The van der Waals surface area contributed by atoms with Crippen molar-refractivity contribution in [1.29, 1.82) is 0 Å². The van der Waals surface area contributed by atoms with Gasteiger partial charge in [-0.1, -0.05) is 32.0 Å². The van der Waals surface area contributed by atoms with Crippen LogP contribution in [0, 0.1) is 5.92 Å². The molecule has 1 amide bonds. The Balaban J connectivity index is 2.43. The molecule has 0 aliphatic carbocycles. The summed E-state index contributed by atoms with van der Waals surface area (Å²) in [5.41, 5.74) is 0.0326. The van der Waals surface area contributed by atoms with E-state index in [1.807, 2.05) is 13.8 Å². The molecule has 0 saturated heterocycles. The van der Waals surface area contributed by atoms with E-state index in [2.05, 4.69) is 15.3 Å². The Morgan fingerprint density at radius 1 is 1.19 bits per heavy atom. The minimum Gasteiger partial charge on any atom is -0.352 e. The molecule has 2 aromatic rings. The lowest BCUT2D eigenvalue weighted by molar-refractivity contribution is 0.0949. The molecule has 0 radical (unpaired) electrons. The summed E-state index contributed by atoms with van der Waals surface area (Å²) in [4.78, 5) is 39.7. The van der Waals surface area contributed by atoms with Gasteiger partial charge < -0.3 is 10.3 Å². The molecule has 3 N–H and O–H groups in total. The molecule has 0 aliphatic heterocycles. The molecule has 1 aromatic carbocycles. The first kappa shape index (κ1) is 14.8. The smallest absolute Gasteiger partial charge is 0.325 e. The Bertz CT molecular complexity index is 759. The van der Waals surface area contributed by atoms with Gasteiger partial charge in [0, 0.05) is 23.9 Å². The second-order valence-electron chi connectivity index (χ2n) is 5.14. The van der Waals surface area contributed by atoms with Crippen LogP contribution in [0.2, 0.25) is 0 Å². The maximum absolute atomic E-state index is 12.2. The Morgan fingerprint density at radius 2 is 1.90 bits per heavy atom. The third-order valence-electron chi connectivity index (χ3n) is 2.95. The highest BCUT2D eigenvalue weighted by Gasteiger charge is 2.14. The molecule has 0 unspecified atom stereocenters. The minimum atomic E-state index is -0.578. The van der Waals surface area contributed by atoms with Gasteiger partial charge in [-0.05, 0) is 12.0 Å². The number of rotatable bonds is 4. The molecule has 6 nitrogen and oxygen atoms in total. The van der Waals surface area contributed by atoms with Crippen molar-refractivity contribution in [2.45, 2.75) is 13.8 Å². The van der Waals surface area contributed by atoms with Crippen LogP contribution in [0.15, 0.2) is 40.1 Å². The Kier molecular flexibility index (Phi) is 4.37. The Morgan fingerprint density at radius 3 is 2.57 bits per heavy atom. The maximum Gasteiger partial charge on any atom is 0.325 e. The molecule has 0 bridgehead atoms. The molecule has 1 heterocycles. The highest BCUT2D eigenvalue weighted by molar-refractivity contribution is 6.00. The lowest BCUT2D eigenvalue weighted by Crippen LogP contribution is -2.28. The van der Waals surface area contributed by atoms with Crippen LogP contribution < -0.4 is 16.6 Å². The van der Waals surface area contributed by atoms with E-state index in [9.17, 15) is 14.4 Å². The first-order chi connectivity index (χ1) is 9.99. The number of carbonyl (C=O) groups excluding carboxylic acids is 1. The number of nitrogens with one attached hydrogen (secondary N) is 3. The molecule has 0 spiro atoms. The molecule has 0 atom stereocenters. The number of aromatic amines is 2. The lowest BCUT2D eigenvalue weighted by Gasteiger charge is -2.11. The monoisotopic (exact) mass is 287 g/mol. The first-order valence-corrected chi connectivity index (χ1v) is 6.68. The summed E-state index contributed by atoms with van der Waals surface area (Å²) < 4.78 is 0. The third-order valence-corrected chi connectivity index (χ3v) is 2.95. The molecule has 6 heteroatoms. The molecule has 0 saturated carbocycles. The molecular weight excluding hydrogens is 270 g/mol. The van der Waals surface area contributed by atoms with Gasteiger partial charge in [-0.2, -0.15) is 0 Å². The van der Waals surface area contributed by atoms with Gasteiger partial charge in [0.25, 0.3) is 11.5 Å². The normalized spacial score (nSPS) is 10.6. The minimum absolute atomic E-state index is 0.245. The number of amides is 1. The number of carbonyl (C=O) groups is 1. The van der Waals surface area contributed by atoms with Crippen LogP contribution in [0.25, 0.3) is 11.1 Å². The highest BCUT2D eigenvalue weighted by atomic mass is 16.2. The van der Waals surface area contributed by atoms with E-state index < -0.39 is 11.2 Å². The summed E-state index contributed by atoms with van der Waals surface area (Å²) in [6.07, 6.45) is 1.32. The summed E-state index contributed by atoms with van der Waals surface area (Å²) in [7, 11) is 0. The first-order valence-electron chi connectivity index (χ1n) is 6.68. The molecule has 2 rings (SSSR count). The predicted octanol–water partition coefficient (Wildman–Crippen LogP) is 1.12. The van der Waals surface area contributed by atoms with Crippen molar-refractivity contribution in [2.24, 2.45) is 5.92 Å². The van der Waals surface area contributed by atoms with Crippen molar-refractivity contribution >= 4 is 5.91 Å². The summed E-state index contributed by atoms with van der Waals surface area (Å²) in [6, 6.07) is 6.79. The third kappa shape index (κ3) is 3.47. The maximum atomic E-state index is 12.2. The van der Waals surface area contributed by atoms with E-state index >= 15 is 0 Å². The van der Waals surface area contributed by atoms with Crippen molar-refractivity contribution in [3.63, 3.8) is 0 Å². The molecule has 21 heavy (non-hydrogen) atoms. The van der Waals surface area contributed by atoms with Crippen LogP contribution in [0.3, 0.4) is 0 Å². The fourth-order valence-corrected chi connectivity index (χ4v) is 1.92. The molecule has 0 aliphatic rings. The fourth-order valence-electron chi connectivity index (χ4n) is 1.92. The Labute approximate surface area is 121 Å². The summed E-state index contributed by atoms with van der Waals surface area (Å²) in [6.45, 7) is 4.55. The largest absolute Gasteiger partial charge is 0.352 e. The Hall–Kier alpha value is -2.63. The van der Waals surface area contributed by atoms with E-state index in [0.717, 1.165) is 0 Å². The van der Waals surface area contributed by atoms with Crippen molar-refractivity contribution in [1.82, 2.24) is 15.3 Å². The molecule has 110 valence electrons. The van der Waals surface area contributed by atoms with Crippen molar-refractivity contribution in [3.05, 3.63) is 56.9 Å². The van der Waals surface area contributed by atoms with Gasteiger partial charge in [-0.3, -0.25) is 14.6 Å². The van der Waals surface area contributed by atoms with E-state index in [1.54, 1.807) is 24.3 Å². The average molecular weight is 287 g/mol. The van der Waals surface area contributed by atoms with Crippen molar-refractivity contribution < 1.29 is 4.79 Å². The van der Waals surface area contributed by atoms with Crippen LogP contribution >= 0.6 is 0 Å². The van der Waals surface area contributed by atoms with Gasteiger partial charge in [0.2, 0.25) is 0 Å². The topological polar surface area (TPSA) is 94.8 Å². The van der Waals surface area contributed by atoms with Gasteiger partial charge in [-0.15, -0.1) is 0 Å². The van der Waals surface area contributed by atoms with Gasteiger partial charge in [0.05, 0.1) is 5.56 Å². The quantitative estimate of drug-likeness (QED) is 0.786. The number of benzene rings is 1. The molecule has 0 fully saturated rings. The second kappa shape index (κ2) is 6.21. The zero-order chi connectivity index (χ0) is 15.4. The fraction of sp³-hybridized carbons (Fsp3) is 0.267. The second-order valence-corrected chi connectivity index (χ2v) is 5.14. The van der Waals surface area contributed by atoms with E-state index in [1.165, 1.54) is 6.20 Å². The van der Waals surface area contributed by atoms with Crippen LogP contribution in [-0.4, -0.2) is 22.4 Å². The SMILES string of the molecule is CC(C)CNC(=O)c1ccccc1-c1c[nH]c(=O)[nH]c1=O. The zero-order valence-electron chi connectivity index (χ0n) is 11.9. The van der Waals surface area contributed by atoms with Gasteiger partial charge >= 0.3 is 5.69 Å². The van der Waals surface area contributed by atoms with Gasteiger partial charge in [0.1, 0.15) is 0 Å². The number of hydrogen-bond donors (Lipinski definition) is 3. The zero-order valence-corrected chi connectivity index (χ0v) is 11.9. The van der Waals surface area contributed by atoms with Gasteiger partial charge in [0.15, 0.2) is 0 Å². The van der Waals surface area contributed by atoms with Crippen molar-refractivity contribution in [2.75, 3.05) is 6.54 Å². The lowest BCUT2D eigenvalue weighted by atomic mass is 10.0. The predicted molar refractivity (Wildman–Crippen MR) is 80.3 cm³/mol. The van der Waals surface area contributed by atoms with Crippen LogP contribution in [0.5, 0.6) is 0 Å². The van der Waals surface area contributed by atoms with Gasteiger partial charge in [-0.25, -0.2) is 4.79 Å². The number of aromatic nitrogens is 2. The molecular formula is C15H17N3O3. The van der Waals surface area contributed by atoms with E-state index in [4.69, 9.17) is 0 Å². The van der Waals surface area contributed by atoms with Crippen LogP contribution in [0.4, 0.5) is 0 Å². The van der Waals surface area contributed by atoms with Crippen LogP contribution in [0.1, 0.15) is 24.2 Å². The van der Waals surface area contributed by atoms with Crippen molar-refractivity contribution in [3.8, 4) is 11.1 Å². The van der Waals surface area contributed by atoms with Crippen LogP contribution in [-0.2, 0) is 0 Å². The van der Waals surface area contributed by atoms with E-state index in [-0.39, 0.29) is 11.5 Å². The summed E-state index contributed by atoms with van der Waals surface area (Å²) in [5.74, 6) is 0.0856. The number of H-pyrrole nitrogens is 2. The summed E-state index contributed by atoms with van der Waals surface area (Å²) in [5, 5.41) is 2.82. The molecule has 1 aromatic heterocycles. The highest BCUT2D eigenvalue weighted by Crippen LogP contribution is 2.19. The van der Waals surface area contributed by atoms with E-state index in [0.29, 0.717) is 23.6 Å².